The minimum absolute atomic E-state index is 0.105. The summed E-state index contributed by atoms with van der Waals surface area (Å²) in [6, 6.07) is 5.63. The van der Waals surface area contributed by atoms with Gasteiger partial charge in [0, 0.05) is 24.2 Å². The molecule has 1 N–H and O–H groups in total. The van der Waals surface area contributed by atoms with Crippen molar-refractivity contribution < 1.29 is 14.1 Å². The first-order valence-corrected chi connectivity index (χ1v) is 11.6. The number of hydrogen-bond donors (Lipinski definition) is 1. The van der Waals surface area contributed by atoms with Gasteiger partial charge in [-0.1, -0.05) is 5.16 Å². The number of carbonyl (C=O) groups is 1. The zero-order valence-corrected chi connectivity index (χ0v) is 20.3. The van der Waals surface area contributed by atoms with Gasteiger partial charge in [-0.05, 0) is 69.0 Å². The Morgan fingerprint density at radius 1 is 1.34 bits per heavy atom. The number of nitrogens with zero attached hydrogens (tertiary/aromatic N) is 4. The second-order valence-corrected chi connectivity index (χ2v) is 10.1. The summed E-state index contributed by atoms with van der Waals surface area (Å²) in [7, 11) is 0. The maximum absolute atomic E-state index is 12.6. The molecular weight excluding hydrogens is 474 g/mol. The van der Waals surface area contributed by atoms with Crippen LogP contribution in [0.5, 0.6) is 5.75 Å². The molecule has 0 unspecified atom stereocenters. The Labute approximate surface area is 195 Å². The van der Waals surface area contributed by atoms with E-state index in [0.29, 0.717) is 11.6 Å². The Balaban J connectivity index is 1.47. The first-order chi connectivity index (χ1) is 15.2. The monoisotopic (exact) mass is 501 g/mol. The molecule has 3 aromatic rings. The summed E-state index contributed by atoms with van der Waals surface area (Å²) in [5, 5.41) is 11.7. The van der Waals surface area contributed by atoms with Crippen LogP contribution in [0.15, 0.2) is 39.6 Å². The van der Waals surface area contributed by atoms with Gasteiger partial charge in [0.05, 0.1) is 40.1 Å². The Hall–Kier alpha value is -2.68. The van der Waals surface area contributed by atoms with Crippen molar-refractivity contribution in [1.82, 2.24) is 19.9 Å². The van der Waals surface area contributed by atoms with Gasteiger partial charge in [-0.15, -0.1) is 0 Å². The third kappa shape index (κ3) is 5.20. The van der Waals surface area contributed by atoms with E-state index in [2.05, 4.69) is 52.2 Å². The van der Waals surface area contributed by atoms with Crippen LogP contribution in [-0.2, 0) is 16.8 Å². The molecule has 0 radical (unpaired) electrons. The number of nitrogens with one attached hydrogen (secondary N) is 1. The molecule has 1 amide bonds. The lowest BCUT2D eigenvalue weighted by molar-refractivity contribution is -0.115. The van der Waals surface area contributed by atoms with Gasteiger partial charge in [0.1, 0.15) is 11.6 Å². The van der Waals surface area contributed by atoms with Crippen LogP contribution < -0.4 is 10.1 Å². The number of hydrogen-bond acceptors (Lipinski definition) is 6. The predicted octanol–water partition coefficient (Wildman–Crippen LogP) is 4.99. The number of anilines is 1. The van der Waals surface area contributed by atoms with Crippen molar-refractivity contribution in [3.8, 4) is 5.75 Å². The Bertz CT molecular complexity index is 1100. The smallest absolute Gasteiger partial charge is 0.233 e. The Morgan fingerprint density at radius 3 is 2.84 bits per heavy atom. The van der Waals surface area contributed by atoms with Crippen molar-refractivity contribution in [3.05, 3.63) is 52.2 Å². The van der Waals surface area contributed by atoms with Crippen molar-refractivity contribution >= 4 is 27.7 Å². The molecule has 32 heavy (non-hydrogen) atoms. The lowest BCUT2D eigenvalue weighted by atomic mass is 10.0. The summed E-state index contributed by atoms with van der Waals surface area (Å²) in [5.74, 6) is 2.10. The average Bonchev–Trinajstić information content (AvgIpc) is 3.43. The summed E-state index contributed by atoms with van der Waals surface area (Å²) in [6.07, 6.45) is 6.49. The molecule has 2 atom stereocenters. The SMILES string of the molecule is Cc1cc(CC(=O)Nc2cc([C@H]3CC[C@@H](Oc4cnccc4Br)C3)nn2C(C)(C)C)on1. The van der Waals surface area contributed by atoms with Gasteiger partial charge in [-0.2, -0.15) is 5.10 Å². The minimum atomic E-state index is -0.279. The van der Waals surface area contributed by atoms with Gasteiger partial charge in [0.15, 0.2) is 5.75 Å². The summed E-state index contributed by atoms with van der Waals surface area (Å²) >= 11 is 3.51. The van der Waals surface area contributed by atoms with E-state index in [1.807, 2.05) is 23.7 Å². The largest absolute Gasteiger partial charge is 0.488 e. The number of aryl methyl sites for hydroxylation is 1. The highest BCUT2D eigenvalue weighted by atomic mass is 79.9. The minimum Gasteiger partial charge on any atom is -0.488 e. The van der Waals surface area contributed by atoms with Crippen LogP contribution in [0.1, 0.15) is 63.1 Å². The molecule has 3 heterocycles. The van der Waals surface area contributed by atoms with Crippen molar-refractivity contribution in [3.63, 3.8) is 0 Å². The van der Waals surface area contributed by atoms with Crippen LogP contribution >= 0.6 is 15.9 Å². The van der Waals surface area contributed by atoms with E-state index in [4.69, 9.17) is 14.4 Å². The van der Waals surface area contributed by atoms with Crippen LogP contribution in [0.2, 0.25) is 0 Å². The summed E-state index contributed by atoms with van der Waals surface area (Å²) < 4.78 is 14.1. The fraction of sp³-hybridized carbons (Fsp3) is 0.478. The average molecular weight is 502 g/mol. The van der Waals surface area contributed by atoms with E-state index in [9.17, 15) is 4.79 Å². The number of ether oxygens (including phenoxy) is 1. The van der Waals surface area contributed by atoms with Crippen LogP contribution in [0.25, 0.3) is 0 Å². The highest BCUT2D eigenvalue weighted by Gasteiger charge is 2.31. The predicted molar refractivity (Wildman–Crippen MR) is 124 cm³/mol. The van der Waals surface area contributed by atoms with E-state index in [1.165, 1.54) is 0 Å². The Kier molecular flexibility index (Phi) is 6.37. The van der Waals surface area contributed by atoms with Crippen molar-refractivity contribution in [2.45, 2.75) is 70.9 Å². The number of carbonyl (C=O) groups excluding carboxylic acids is 1. The normalized spacial score (nSPS) is 18.7. The van der Waals surface area contributed by atoms with Gasteiger partial charge in [0.2, 0.25) is 5.91 Å². The molecule has 8 nitrogen and oxygen atoms in total. The lowest BCUT2D eigenvalue weighted by Gasteiger charge is -2.22. The second-order valence-electron chi connectivity index (χ2n) is 9.25. The molecule has 9 heteroatoms. The number of halogens is 1. The highest BCUT2D eigenvalue weighted by Crippen LogP contribution is 2.38. The van der Waals surface area contributed by atoms with E-state index >= 15 is 0 Å². The van der Waals surface area contributed by atoms with Crippen LogP contribution in [0.3, 0.4) is 0 Å². The number of amides is 1. The molecule has 0 spiro atoms. The summed E-state index contributed by atoms with van der Waals surface area (Å²) in [6.45, 7) is 8.04. The topological polar surface area (TPSA) is 95.1 Å². The molecular formula is C23H28BrN5O3. The highest BCUT2D eigenvalue weighted by molar-refractivity contribution is 9.10. The number of rotatable bonds is 6. The van der Waals surface area contributed by atoms with Crippen LogP contribution in [0.4, 0.5) is 5.82 Å². The van der Waals surface area contributed by atoms with Crippen molar-refractivity contribution in [2.24, 2.45) is 0 Å². The molecule has 3 aromatic heterocycles. The van der Waals surface area contributed by atoms with E-state index in [1.54, 1.807) is 18.5 Å². The van der Waals surface area contributed by atoms with Gasteiger partial charge >= 0.3 is 0 Å². The van der Waals surface area contributed by atoms with Gasteiger partial charge in [0.25, 0.3) is 0 Å². The first-order valence-electron chi connectivity index (χ1n) is 10.8. The molecule has 1 aliphatic rings. The van der Waals surface area contributed by atoms with E-state index < -0.39 is 0 Å². The third-order valence-corrected chi connectivity index (χ3v) is 6.13. The van der Waals surface area contributed by atoms with Crippen LogP contribution in [-0.4, -0.2) is 31.9 Å². The molecule has 0 aromatic carbocycles. The van der Waals surface area contributed by atoms with Gasteiger partial charge in [-0.3, -0.25) is 9.78 Å². The fourth-order valence-electron chi connectivity index (χ4n) is 3.99. The molecule has 1 aliphatic carbocycles. The summed E-state index contributed by atoms with van der Waals surface area (Å²) in [4.78, 5) is 16.8. The van der Waals surface area contributed by atoms with E-state index in [0.717, 1.165) is 40.9 Å². The maximum atomic E-state index is 12.6. The lowest BCUT2D eigenvalue weighted by Crippen LogP contribution is -2.27. The number of pyridine rings is 1. The van der Waals surface area contributed by atoms with Crippen LogP contribution in [0, 0.1) is 6.92 Å². The fourth-order valence-corrected chi connectivity index (χ4v) is 4.30. The molecule has 170 valence electrons. The molecule has 0 aliphatic heterocycles. The van der Waals surface area contributed by atoms with Gasteiger partial charge < -0.3 is 14.6 Å². The number of aromatic nitrogens is 4. The zero-order chi connectivity index (χ0) is 22.9. The first kappa shape index (κ1) is 22.5. The third-order valence-electron chi connectivity index (χ3n) is 5.47. The standard InChI is InChI=1S/C23H28BrN5O3/c1-14-9-17(32-28-14)11-22(30)26-21-12-19(27-29(21)23(2,3)4)15-5-6-16(10-15)31-20-13-25-8-7-18(20)24/h7-9,12-13,15-16H,5-6,10-11H2,1-4H3,(H,26,30)/t15-,16+/m0/s1. The molecule has 0 saturated heterocycles. The summed E-state index contributed by atoms with van der Waals surface area (Å²) in [5.41, 5.74) is 1.45. The second kappa shape index (κ2) is 9.05. The zero-order valence-electron chi connectivity index (χ0n) is 18.8. The van der Waals surface area contributed by atoms with Crippen molar-refractivity contribution in [1.29, 1.82) is 0 Å². The molecule has 1 saturated carbocycles. The molecule has 1 fully saturated rings. The molecule has 0 bridgehead atoms. The maximum Gasteiger partial charge on any atom is 0.233 e. The quantitative estimate of drug-likeness (QED) is 0.511. The van der Waals surface area contributed by atoms with Gasteiger partial charge in [-0.25, -0.2) is 4.68 Å². The molecule has 4 rings (SSSR count). The Morgan fingerprint density at radius 2 is 2.16 bits per heavy atom. The van der Waals surface area contributed by atoms with Crippen molar-refractivity contribution in [2.75, 3.05) is 5.32 Å². The van der Waals surface area contributed by atoms with E-state index in [-0.39, 0.29) is 29.9 Å².